The summed E-state index contributed by atoms with van der Waals surface area (Å²) < 4.78 is 30.9. The van der Waals surface area contributed by atoms with E-state index in [-0.39, 0.29) is 17.4 Å². The second kappa shape index (κ2) is 6.74. The molecule has 1 heterocycles. The summed E-state index contributed by atoms with van der Waals surface area (Å²) in [4.78, 5) is 13.3. The van der Waals surface area contributed by atoms with E-state index >= 15 is 0 Å². The number of benzene rings is 1. The van der Waals surface area contributed by atoms with Crippen LogP contribution in [0.25, 0.3) is 0 Å². The van der Waals surface area contributed by atoms with Crippen LogP contribution in [-0.2, 0) is 19.6 Å². The van der Waals surface area contributed by atoms with Crippen molar-refractivity contribution in [2.45, 2.75) is 4.90 Å². The molecule has 0 radical (unpaired) electrons. The first-order chi connectivity index (χ1) is 9.93. The Bertz CT molecular complexity index is 595. The average molecular weight is 333 g/mol. The summed E-state index contributed by atoms with van der Waals surface area (Å²) in [6.45, 7) is 1.89. The number of carbonyl (C=O) groups is 1. The van der Waals surface area contributed by atoms with Crippen LogP contribution < -0.4 is 0 Å². The standard InChI is InChI=1S/C13H17ClN2O4S/c1-20-13(17)10-15-6-8-16(9-7-15)21(18,19)12-4-2-11(14)3-5-12/h2-5H,6-10H2,1H3. The molecular formula is C13H17ClN2O4S. The molecule has 0 N–H and O–H groups in total. The van der Waals surface area contributed by atoms with E-state index in [1.807, 2.05) is 4.90 Å². The molecule has 0 spiro atoms. The van der Waals surface area contributed by atoms with Crippen molar-refractivity contribution in [2.24, 2.45) is 0 Å². The van der Waals surface area contributed by atoms with Gasteiger partial charge in [0.25, 0.3) is 0 Å². The van der Waals surface area contributed by atoms with E-state index in [4.69, 9.17) is 11.6 Å². The van der Waals surface area contributed by atoms with Crippen LogP contribution in [0.1, 0.15) is 0 Å². The quantitative estimate of drug-likeness (QED) is 0.764. The molecule has 0 amide bonds. The summed E-state index contributed by atoms with van der Waals surface area (Å²) in [7, 11) is -2.17. The van der Waals surface area contributed by atoms with Crippen LogP contribution >= 0.6 is 11.6 Å². The van der Waals surface area contributed by atoms with Crippen LogP contribution in [0.3, 0.4) is 0 Å². The molecule has 0 unspecified atom stereocenters. The first-order valence-corrected chi connectivity index (χ1v) is 8.30. The van der Waals surface area contributed by atoms with Gasteiger partial charge in [-0.3, -0.25) is 9.69 Å². The first-order valence-electron chi connectivity index (χ1n) is 6.48. The van der Waals surface area contributed by atoms with Crippen molar-refractivity contribution in [3.8, 4) is 0 Å². The third-order valence-corrected chi connectivity index (χ3v) is 5.53. The molecule has 0 bridgehead atoms. The highest BCUT2D eigenvalue weighted by Crippen LogP contribution is 2.19. The molecule has 1 saturated heterocycles. The van der Waals surface area contributed by atoms with Gasteiger partial charge in [0.1, 0.15) is 0 Å². The van der Waals surface area contributed by atoms with Crippen molar-refractivity contribution in [1.82, 2.24) is 9.21 Å². The van der Waals surface area contributed by atoms with Gasteiger partial charge >= 0.3 is 5.97 Å². The van der Waals surface area contributed by atoms with Gasteiger partial charge in [-0.1, -0.05) is 11.6 Å². The Morgan fingerprint density at radius 1 is 1.19 bits per heavy atom. The molecule has 1 aliphatic heterocycles. The second-order valence-electron chi connectivity index (χ2n) is 4.71. The van der Waals surface area contributed by atoms with E-state index in [1.54, 1.807) is 12.1 Å². The number of sulfonamides is 1. The van der Waals surface area contributed by atoms with Crippen LogP contribution in [0.15, 0.2) is 29.2 Å². The maximum Gasteiger partial charge on any atom is 0.319 e. The van der Waals surface area contributed by atoms with Crippen LogP contribution in [0, 0.1) is 0 Å². The zero-order chi connectivity index (χ0) is 15.5. The largest absolute Gasteiger partial charge is 0.468 e. The fourth-order valence-corrected chi connectivity index (χ4v) is 3.68. The predicted molar refractivity (Wildman–Crippen MR) is 78.7 cm³/mol. The molecule has 6 nitrogen and oxygen atoms in total. The molecule has 0 aromatic heterocycles. The second-order valence-corrected chi connectivity index (χ2v) is 7.08. The van der Waals surface area contributed by atoms with E-state index in [9.17, 15) is 13.2 Å². The molecule has 1 aliphatic rings. The molecule has 0 saturated carbocycles. The first kappa shape index (κ1) is 16.2. The summed E-state index contributed by atoms with van der Waals surface area (Å²) in [5.74, 6) is -0.316. The lowest BCUT2D eigenvalue weighted by Crippen LogP contribution is -2.49. The molecule has 1 fully saturated rings. The zero-order valence-corrected chi connectivity index (χ0v) is 13.2. The Hall–Kier alpha value is -1.15. The van der Waals surface area contributed by atoms with Crippen LogP contribution in [0.4, 0.5) is 0 Å². The minimum atomic E-state index is -3.50. The van der Waals surface area contributed by atoms with E-state index in [0.717, 1.165) is 0 Å². The highest BCUT2D eigenvalue weighted by atomic mass is 35.5. The summed E-state index contributed by atoms with van der Waals surface area (Å²) in [6, 6.07) is 6.11. The molecule has 0 aliphatic carbocycles. The Labute approximate surface area is 129 Å². The number of piperazine rings is 1. The number of ether oxygens (including phenoxy) is 1. The smallest absolute Gasteiger partial charge is 0.319 e. The molecule has 0 atom stereocenters. The van der Waals surface area contributed by atoms with Gasteiger partial charge in [0.15, 0.2) is 0 Å². The van der Waals surface area contributed by atoms with Gasteiger partial charge in [-0.15, -0.1) is 0 Å². The number of hydrogen-bond donors (Lipinski definition) is 0. The van der Waals surface area contributed by atoms with Crippen molar-refractivity contribution in [3.63, 3.8) is 0 Å². The highest BCUT2D eigenvalue weighted by Gasteiger charge is 2.29. The lowest BCUT2D eigenvalue weighted by molar-refractivity contribution is -0.142. The number of nitrogens with zero attached hydrogens (tertiary/aromatic N) is 2. The Morgan fingerprint density at radius 3 is 2.29 bits per heavy atom. The molecule has 8 heteroatoms. The highest BCUT2D eigenvalue weighted by molar-refractivity contribution is 7.89. The molecule has 2 rings (SSSR count). The minimum Gasteiger partial charge on any atom is -0.468 e. The summed E-state index contributed by atoms with van der Waals surface area (Å²) >= 11 is 5.77. The lowest BCUT2D eigenvalue weighted by atomic mass is 10.3. The van der Waals surface area contributed by atoms with Gasteiger partial charge in [0.05, 0.1) is 18.6 Å². The normalized spacial score (nSPS) is 17.6. The Kier molecular flexibility index (Phi) is 5.21. The number of methoxy groups -OCH3 is 1. The minimum absolute atomic E-state index is 0.186. The van der Waals surface area contributed by atoms with Crippen molar-refractivity contribution < 1.29 is 17.9 Å². The van der Waals surface area contributed by atoms with Crippen LogP contribution in [0.2, 0.25) is 5.02 Å². The summed E-state index contributed by atoms with van der Waals surface area (Å²) in [6.07, 6.45) is 0. The van der Waals surface area contributed by atoms with Crippen molar-refractivity contribution in [3.05, 3.63) is 29.3 Å². The number of hydrogen-bond acceptors (Lipinski definition) is 5. The number of halogens is 1. The predicted octanol–water partition coefficient (Wildman–Crippen LogP) is 0.819. The summed E-state index contributed by atoms with van der Waals surface area (Å²) in [5.41, 5.74) is 0. The third-order valence-electron chi connectivity index (χ3n) is 3.36. The van der Waals surface area contributed by atoms with Crippen molar-refractivity contribution in [1.29, 1.82) is 0 Å². The zero-order valence-electron chi connectivity index (χ0n) is 11.7. The molecule has 1 aromatic carbocycles. The Balaban J connectivity index is 2.01. The number of carbonyl (C=O) groups excluding carboxylic acids is 1. The van der Waals surface area contributed by atoms with Gasteiger partial charge in [0.2, 0.25) is 10.0 Å². The maximum absolute atomic E-state index is 12.5. The fourth-order valence-electron chi connectivity index (χ4n) is 2.13. The van der Waals surface area contributed by atoms with Gasteiger partial charge in [-0.25, -0.2) is 8.42 Å². The Morgan fingerprint density at radius 2 is 1.76 bits per heavy atom. The topological polar surface area (TPSA) is 66.9 Å². The fraction of sp³-hybridized carbons (Fsp3) is 0.462. The number of esters is 1. The van der Waals surface area contributed by atoms with E-state index in [2.05, 4.69) is 4.74 Å². The van der Waals surface area contributed by atoms with Gasteiger partial charge in [-0.2, -0.15) is 4.31 Å². The van der Waals surface area contributed by atoms with E-state index < -0.39 is 10.0 Å². The van der Waals surface area contributed by atoms with E-state index in [1.165, 1.54) is 23.5 Å². The monoisotopic (exact) mass is 332 g/mol. The van der Waals surface area contributed by atoms with Crippen molar-refractivity contribution >= 4 is 27.6 Å². The van der Waals surface area contributed by atoms with Crippen molar-refractivity contribution in [2.75, 3.05) is 39.8 Å². The molecule has 1 aromatic rings. The SMILES string of the molecule is COC(=O)CN1CCN(S(=O)(=O)c2ccc(Cl)cc2)CC1. The van der Waals surface area contributed by atoms with Gasteiger partial charge < -0.3 is 4.74 Å². The van der Waals surface area contributed by atoms with Crippen LogP contribution in [-0.4, -0.2) is 63.4 Å². The van der Waals surface area contributed by atoms with Crippen LogP contribution in [0.5, 0.6) is 0 Å². The number of rotatable bonds is 4. The average Bonchev–Trinajstić information content (AvgIpc) is 2.48. The maximum atomic E-state index is 12.5. The molecule has 116 valence electrons. The molecular weight excluding hydrogens is 316 g/mol. The third kappa shape index (κ3) is 3.94. The lowest BCUT2D eigenvalue weighted by Gasteiger charge is -2.33. The van der Waals surface area contributed by atoms with Gasteiger partial charge in [-0.05, 0) is 24.3 Å². The summed E-state index contributed by atoms with van der Waals surface area (Å²) in [5, 5.41) is 0.497. The molecule has 21 heavy (non-hydrogen) atoms. The van der Waals surface area contributed by atoms with Gasteiger partial charge in [0, 0.05) is 31.2 Å². The van der Waals surface area contributed by atoms with E-state index in [0.29, 0.717) is 31.2 Å².